The summed E-state index contributed by atoms with van der Waals surface area (Å²) < 4.78 is 26.8. The molecule has 0 spiro atoms. The number of phosphoric ester groups is 1. The fraction of sp³-hybridized carbons (Fsp3) is 0.540. The van der Waals surface area contributed by atoms with Gasteiger partial charge in [-0.25, -0.2) is 9.36 Å². The van der Waals surface area contributed by atoms with Crippen molar-refractivity contribution in [3.8, 4) is 0 Å². The van der Waals surface area contributed by atoms with E-state index in [2.05, 4.69) is 141 Å². The Labute approximate surface area is 373 Å². The van der Waals surface area contributed by atoms with Gasteiger partial charge in [0.05, 0.1) is 13.2 Å². The summed E-state index contributed by atoms with van der Waals surface area (Å²) in [4.78, 5) is 46.0. The van der Waals surface area contributed by atoms with Gasteiger partial charge in [0.1, 0.15) is 12.7 Å². The van der Waals surface area contributed by atoms with Crippen LogP contribution in [-0.4, -0.2) is 64.9 Å². The van der Waals surface area contributed by atoms with E-state index in [1.165, 1.54) is 0 Å². The average Bonchev–Trinajstić information content (AvgIpc) is 3.25. The van der Waals surface area contributed by atoms with Gasteiger partial charge < -0.3 is 25.2 Å². The molecule has 1 amide bonds. The molecule has 12 heteroatoms. The smallest absolute Gasteiger partial charge is 0.472 e. The molecule has 0 aliphatic heterocycles. The minimum absolute atomic E-state index is 0.104. The zero-order valence-corrected chi connectivity index (χ0v) is 38.5. The average molecular weight is 884 g/mol. The van der Waals surface area contributed by atoms with Crippen molar-refractivity contribution in [2.75, 3.05) is 19.8 Å². The number of carbonyl (C=O) groups excluding carboxylic acids is 2. The van der Waals surface area contributed by atoms with Gasteiger partial charge in [0, 0.05) is 12.8 Å². The lowest BCUT2D eigenvalue weighted by Gasteiger charge is -2.18. The molecule has 0 aliphatic carbocycles. The van der Waals surface area contributed by atoms with Crippen molar-refractivity contribution in [2.45, 2.75) is 154 Å². The first kappa shape index (κ1) is 57.9. The van der Waals surface area contributed by atoms with E-state index in [9.17, 15) is 34.1 Å². The van der Waals surface area contributed by atoms with Crippen LogP contribution in [0.25, 0.3) is 0 Å². The zero-order chi connectivity index (χ0) is 45.6. The SMILES string of the molecule is CC/C=C\C/C=C\C/C=C\C/C=C\C/C=C\C/C=C\CCCCCCC(=O)NC(COP(=O)(O)OCC(O)COC(=O)CCCC/C=C\C/C=C\C/C=C\C/C=C\CC)C(=O)O. The van der Waals surface area contributed by atoms with Crippen LogP contribution in [0.2, 0.25) is 0 Å². The van der Waals surface area contributed by atoms with Crippen molar-refractivity contribution in [1.29, 1.82) is 0 Å². The summed E-state index contributed by atoms with van der Waals surface area (Å²) in [5.74, 6) is -2.47. The lowest BCUT2D eigenvalue weighted by molar-refractivity contribution is -0.147. The van der Waals surface area contributed by atoms with Crippen molar-refractivity contribution in [3.05, 3.63) is 122 Å². The number of aliphatic carboxylic acids is 1. The van der Waals surface area contributed by atoms with Gasteiger partial charge in [0.15, 0.2) is 6.04 Å². The number of aliphatic hydroxyl groups is 1. The molecular formula is C50H78NO10P. The van der Waals surface area contributed by atoms with Crippen LogP contribution in [-0.2, 0) is 32.7 Å². The summed E-state index contributed by atoms with van der Waals surface area (Å²) in [6, 6.07) is -1.58. The monoisotopic (exact) mass is 884 g/mol. The molecule has 348 valence electrons. The lowest BCUT2D eigenvalue weighted by Crippen LogP contribution is -2.43. The maximum atomic E-state index is 12.3. The Hall–Kier alpha value is -4.12. The van der Waals surface area contributed by atoms with E-state index in [0.29, 0.717) is 12.8 Å². The molecule has 0 aromatic heterocycles. The normalized spacial score (nSPS) is 14.8. The molecule has 0 fully saturated rings. The summed E-state index contributed by atoms with van der Waals surface area (Å²) in [6.07, 6.45) is 57.9. The summed E-state index contributed by atoms with van der Waals surface area (Å²) >= 11 is 0. The second-order valence-corrected chi connectivity index (χ2v) is 15.9. The van der Waals surface area contributed by atoms with Gasteiger partial charge in [0.2, 0.25) is 5.91 Å². The number of allylic oxidation sites excluding steroid dienone is 20. The Morgan fingerprint density at radius 2 is 0.887 bits per heavy atom. The van der Waals surface area contributed by atoms with E-state index in [0.717, 1.165) is 103 Å². The number of amides is 1. The molecular weight excluding hydrogens is 806 g/mol. The number of carboxylic acids is 1. The van der Waals surface area contributed by atoms with Crippen LogP contribution in [0.4, 0.5) is 0 Å². The number of aliphatic hydroxyl groups excluding tert-OH is 1. The van der Waals surface area contributed by atoms with Gasteiger partial charge in [-0.05, 0) is 103 Å². The van der Waals surface area contributed by atoms with Crippen LogP contribution < -0.4 is 5.32 Å². The third-order valence-corrected chi connectivity index (χ3v) is 9.70. The number of carboxylic acid groups (broad SMARTS) is 1. The number of esters is 1. The Morgan fingerprint density at radius 3 is 1.32 bits per heavy atom. The topological polar surface area (TPSA) is 169 Å². The van der Waals surface area contributed by atoms with E-state index >= 15 is 0 Å². The molecule has 62 heavy (non-hydrogen) atoms. The Bertz CT molecular complexity index is 1500. The van der Waals surface area contributed by atoms with Crippen LogP contribution in [0, 0.1) is 0 Å². The number of hydrogen-bond donors (Lipinski definition) is 4. The second-order valence-electron chi connectivity index (χ2n) is 14.5. The maximum Gasteiger partial charge on any atom is 0.472 e. The maximum absolute atomic E-state index is 12.3. The number of phosphoric acid groups is 1. The van der Waals surface area contributed by atoms with E-state index < -0.39 is 57.6 Å². The Kier molecular flexibility index (Phi) is 40.6. The van der Waals surface area contributed by atoms with Crippen molar-refractivity contribution in [2.24, 2.45) is 0 Å². The molecule has 0 aromatic rings. The van der Waals surface area contributed by atoms with Gasteiger partial charge in [-0.3, -0.25) is 18.6 Å². The highest BCUT2D eigenvalue weighted by molar-refractivity contribution is 7.47. The first-order valence-corrected chi connectivity index (χ1v) is 24.1. The predicted octanol–water partition coefficient (Wildman–Crippen LogP) is 12.0. The van der Waals surface area contributed by atoms with Gasteiger partial charge in [-0.2, -0.15) is 0 Å². The molecule has 3 unspecified atom stereocenters. The molecule has 11 nitrogen and oxygen atoms in total. The van der Waals surface area contributed by atoms with Crippen LogP contribution in [0.3, 0.4) is 0 Å². The Balaban J connectivity index is 4.03. The summed E-state index contributed by atoms with van der Waals surface area (Å²) in [6.45, 7) is 2.28. The molecule has 0 heterocycles. The van der Waals surface area contributed by atoms with E-state index in [4.69, 9.17) is 13.8 Å². The Morgan fingerprint density at radius 1 is 0.516 bits per heavy atom. The molecule has 0 aromatic carbocycles. The van der Waals surface area contributed by atoms with E-state index in [1.807, 2.05) is 0 Å². The molecule has 0 aliphatic rings. The number of rotatable bonds is 40. The lowest BCUT2D eigenvalue weighted by atomic mass is 10.1. The quantitative estimate of drug-likeness (QED) is 0.0201. The fourth-order valence-corrected chi connectivity index (χ4v) is 6.08. The highest BCUT2D eigenvalue weighted by atomic mass is 31.2. The third kappa shape index (κ3) is 42.6. The van der Waals surface area contributed by atoms with Crippen molar-refractivity contribution in [3.63, 3.8) is 0 Å². The first-order valence-electron chi connectivity index (χ1n) is 22.6. The number of unbranched alkanes of at least 4 members (excludes halogenated alkanes) is 6. The minimum atomic E-state index is -4.79. The van der Waals surface area contributed by atoms with E-state index in [1.54, 1.807) is 0 Å². The standard InChI is InChI=1S/C50H78NO10P/c1-3-5-7-9-11-13-15-17-19-20-21-22-23-24-25-26-28-29-31-33-35-37-39-41-48(53)51-47(50(55)56)45-61-62(57,58)60-44-46(52)43-59-49(54)42-40-38-36-34-32-30-27-18-16-14-12-10-8-6-4-2/h5-8,11-14,17-19,21-22,24-25,27-29,32,34,46-47,52H,3-4,9-10,15-16,20,23,26,30-31,33,35-45H2,1-2H3,(H,51,53)(H,55,56)(H,57,58)/b7-5-,8-6-,13-11-,14-12-,19-17-,22-21-,25-24-,27-18-,29-28-,34-32-. The van der Waals surface area contributed by atoms with E-state index in [-0.39, 0.29) is 12.8 Å². The summed E-state index contributed by atoms with van der Waals surface area (Å²) in [5.41, 5.74) is 0. The van der Waals surface area contributed by atoms with Crippen LogP contribution in [0.5, 0.6) is 0 Å². The molecule has 0 radical (unpaired) electrons. The molecule has 0 saturated carbocycles. The van der Waals surface area contributed by atoms with Crippen LogP contribution >= 0.6 is 7.82 Å². The first-order chi connectivity index (χ1) is 30.1. The second kappa shape index (κ2) is 43.5. The van der Waals surface area contributed by atoms with Gasteiger partial charge in [-0.1, -0.05) is 148 Å². The number of hydrogen-bond acceptors (Lipinski definition) is 8. The van der Waals surface area contributed by atoms with Crippen molar-refractivity contribution in [1.82, 2.24) is 5.32 Å². The third-order valence-electron chi connectivity index (χ3n) is 8.75. The van der Waals surface area contributed by atoms with Crippen LogP contribution in [0.15, 0.2) is 122 Å². The fourth-order valence-electron chi connectivity index (χ4n) is 5.31. The van der Waals surface area contributed by atoms with Gasteiger partial charge >= 0.3 is 19.8 Å². The van der Waals surface area contributed by atoms with Gasteiger partial charge in [0.25, 0.3) is 0 Å². The summed E-state index contributed by atoms with van der Waals surface area (Å²) in [5, 5.41) is 21.8. The van der Waals surface area contributed by atoms with Gasteiger partial charge in [-0.15, -0.1) is 0 Å². The number of nitrogens with one attached hydrogen (secondary N) is 1. The highest BCUT2D eigenvalue weighted by Gasteiger charge is 2.28. The number of ether oxygens (including phenoxy) is 1. The van der Waals surface area contributed by atoms with Crippen LogP contribution in [0.1, 0.15) is 142 Å². The molecule has 0 saturated heterocycles. The zero-order valence-electron chi connectivity index (χ0n) is 37.6. The molecule has 4 N–H and O–H groups in total. The summed E-state index contributed by atoms with van der Waals surface area (Å²) in [7, 11) is -4.79. The highest BCUT2D eigenvalue weighted by Crippen LogP contribution is 2.43. The largest absolute Gasteiger partial charge is 0.480 e. The van der Waals surface area contributed by atoms with Crippen molar-refractivity contribution >= 4 is 25.7 Å². The molecule has 0 rings (SSSR count). The van der Waals surface area contributed by atoms with Crippen molar-refractivity contribution < 1.29 is 47.8 Å². The molecule has 3 atom stereocenters. The minimum Gasteiger partial charge on any atom is -0.480 e. The molecule has 0 bridgehead atoms. The number of carbonyl (C=O) groups is 3. The predicted molar refractivity (Wildman–Crippen MR) is 253 cm³/mol.